The second-order valence-corrected chi connectivity index (χ2v) is 6.05. The van der Waals surface area contributed by atoms with Crippen molar-refractivity contribution in [2.75, 3.05) is 21.3 Å². The van der Waals surface area contributed by atoms with Gasteiger partial charge in [-0.2, -0.15) is 0 Å². The summed E-state index contributed by atoms with van der Waals surface area (Å²) in [4.78, 5) is 11.6. The summed E-state index contributed by atoms with van der Waals surface area (Å²) >= 11 is 5.51. The van der Waals surface area contributed by atoms with Gasteiger partial charge in [0.2, 0.25) is 0 Å². The molecule has 0 saturated heterocycles. The number of carbonyl (C=O) groups is 1. The van der Waals surface area contributed by atoms with Gasteiger partial charge in [0.15, 0.2) is 17.0 Å². The molecule has 7 heteroatoms. The molecule has 1 rings (SSSR count). The van der Waals surface area contributed by atoms with Gasteiger partial charge in [0.05, 0.1) is 25.8 Å². The van der Waals surface area contributed by atoms with Gasteiger partial charge in [-0.05, 0) is 15.9 Å². The van der Waals surface area contributed by atoms with E-state index in [1.165, 1.54) is 26.4 Å². The van der Waals surface area contributed by atoms with E-state index < -0.39 is 0 Å². The molecule has 4 nitrogen and oxygen atoms in total. The Hall–Kier alpha value is -0.203. The molecule has 0 radical (unpaired) electrons. The third-order valence-corrected chi connectivity index (χ3v) is 3.72. The van der Waals surface area contributed by atoms with Gasteiger partial charge in [-0.3, -0.25) is 4.79 Å². The van der Waals surface area contributed by atoms with Crippen molar-refractivity contribution >= 4 is 48.4 Å². The van der Waals surface area contributed by atoms with E-state index in [9.17, 15) is 4.79 Å². The number of methoxy groups -OCH3 is 3. The van der Waals surface area contributed by atoms with Crippen LogP contribution in [0.25, 0.3) is 0 Å². The Morgan fingerprint density at radius 1 is 1.24 bits per heavy atom. The predicted octanol–water partition coefficient (Wildman–Crippen LogP) is 3.72. The molecule has 114 valence electrons. The molecule has 0 fully saturated rings. The number of halogens is 1. The molecule has 0 amide bonds. The van der Waals surface area contributed by atoms with Crippen LogP contribution in [0.15, 0.2) is 10.5 Å². The van der Waals surface area contributed by atoms with Gasteiger partial charge in [0.1, 0.15) is 11.3 Å². The summed E-state index contributed by atoms with van der Waals surface area (Å²) in [6.07, 6.45) is 0. The summed E-state index contributed by atoms with van der Waals surface area (Å²) in [7, 11) is 6.56. The van der Waals surface area contributed by atoms with Crippen LogP contribution in [0.1, 0.15) is 24.2 Å². The first-order valence-electron chi connectivity index (χ1n) is 6.62. The van der Waals surface area contributed by atoms with E-state index in [4.69, 9.17) is 14.2 Å². The van der Waals surface area contributed by atoms with Crippen molar-refractivity contribution in [3.63, 3.8) is 0 Å². The van der Waals surface area contributed by atoms with Crippen molar-refractivity contribution in [3.05, 3.63) is 16.1 Å². The van der Waals surface area contributed by atoms with Crippen LogP contribution in [-0.2, 0) is 0 Å². The summed E-state index contributed by atoms with van der Waals surface area (Å²) in [5.74, 6) is 2.15. The monoisotopic (exact) mass is 370 g/mol. The van der Waals surface area contributed by atoms with Gasteiger partial charge in [0, 0.05) is 6.07 Å². The maximum absolute atomic E-state index is 11.6. The fraction of sp³-hybridized carbons (Fsp3) is 0.500. The van der Waals surface area contributed by atoms with Gasteiger partial charge < -0.3 is 14.2 Å². The van der Waals surface area contributed by atoms with E-state index in [0.29, 0.717) is 27.3 Å². The molecule has 1 unspecified atom stereocenters. The summed E-state index contributed by atoms with van der Waals surface area (Å²) in [5, 5.41) is 1.31. The Morgan fingerprint density at radius 2 is 1.71 bits per heavy atom. The Kier molecular flexibility index (Phi) is 10.4. The number of rotatable bonds is 5. The van der Waals surface area contributed by atoms with Gasteiger partial charge in [-0.25, -0.2) is 0 Å². The van der Waals surface area contributed by atoms with Crippen molar-refractivity contribution in [2.24, 2.45) is 5.92 Å². The van der Waals surface area contributed by atoms with Gasteiger partial charge in [-0.1, -0.05) is 9.24 Å². The third-order valence-electron chi connectivity index (χ3n) is 2.84. The topological polar surface area (TPSA) is 44.8 Å². The molecule has 0 saturated carbocycles. The van der Waals surface area contributed by atoms with E-state index in [1.54, 1.807) is 6.07 Å². The van der Waals surface area contributed by atoms with Crippen LogP contribution < -0.4 is 14.2 Å². The molecular weight excluding hydrogens is 350 g/mol. The Bertz CT molecular complexity index is 481. The first kappa shape index (κ1) is 20.8. The van der Waals surface area contributed by atoms with Crippen LogP contribution in [0.2, 0.25) is 5.09 Å². The number of carbonyl (C=O) groups excluding carboxylic acids is 1. The average Bonchev–Trinajstić information content (AvgIpc) is 2.46. The van der Waals surface area contributed by atoms with Crippen molar-refractivity contribution in [2.45, 2.75) is 18.9 Å². The summed E-state index contributed by atoms with van der Waals surface area (Å²) in [6.45, 7) is 4.44. The molecule has 1 atom stereocenters. The number of hydrogen-bond acceptors (Lipinski definition) is 4. The maximum atomic E-state index is 11.6. The third kappa shape index (κ3) is 6.20. The zero-order valence-electron chi connectivity index (χ0n) is 13.5. The quantitative estimate of drug-likeness (QED) is 0.585. The van der Waals surface area contributed by atoms with Crippen LogP contribution in [0.3, 0.4) is 0 Å². The normalized spacial score (nSPS) is 9.81. The fourth-order valence-corrected chi connectivity index (χ4v) is 2.20. The van der Waals surface area contributed by atoms with Crippen molar-refractivity contribution in [3.8, 4) is 17.2 Å². The molecule has 0 bridgehead atoms. The number of hydrogen-bond donors (Lipinski definition) is 0. The summed E-state index contributed by atoms with van der Waals surface area (Å²) in [6, 6.07) is 1.69. The molecule has 0 spiro atoms. The zero-order chi connectivity index (χ0) is 16.6. The SMILES string of the molecule is COc1cc(Br)c(OC)c(C(=O)P)c1OC.[Li][CH2]C(C)C. The molecule has 0 N–H and O–H groups in total. The molecule has 0 aliphatic carbocycles. The van der Waals surface area contributed by atoms with E-state index >= 15 is 0 Å². The Labute approximate surface area is 146 Å². The van der Waals surface area contributed by atoms with Crippen LogP contribution in [0.4, 0.5) is 0 Å². The fourth-order valence-electron chi connectivity index (χ4n) is 1.37. The van der Waals surface area contributed by atoms with Crippen LogP contribution in [-0.4, -0.2) is 44.6 Å². The van der Waals surface area contributed by atoms with Crippen LogP contribution >= 0.6 is 25.2 Å². The molecule has 21 heavy (non-hydrogen) atoms. The zero-order valence-corrected chi connectivity index (χ0v) is 16.2. The van der Waals surface area contributed by atoms with Crippen LogP contribution in [0, 0.1) is 5.92 Å². The van der Waals surface area contributed by atoms with Gasteiger partial charge >= 0.3 is 42.6 Å². The first-order valence-corrected chi connectivity index (χ1v) is 7.99. The van der Waals surface area contributed by atoms with Gasteiger partial charge in [-0.15, -0.1) is 0 Å². The Balaban J connectivity index is 0.000000690. The molecular formula is C14H21BrLiO4P. The minimum absolute atomic E-state index is 0.228. The van der Waals surface area contributed by atoms with Crippen molar-refractivity contribution in [1.82, 2.24) is 0 Å². The number of benzene rings is 1. The van der Waals surface area contributed by atoms with E-state index in [-0.39, 0.29) is 5.52 Å². The Morgan fingerprint density at radius 3 is 2.00 bits per heavy atom. The van der Waals surface area contributed by atoms with E-state index in [0.717, 1.165) is 5.92 Å². The second kappa shape index (κ2) is 10.5. The molecule has 0 aliphatic rings. The van der Waals surface area contributed by atoms with Crippen LogP contribution in [0.5, 0.6) is 17.2 Å². The molecule has 1 aromatic rings. The van der Waals surface area contributed by atoms with Crippen molar-refractivity contribution in [1.29, 1.82) is 0 Å². The molecule has 0 aromatic heterocycles. The van der Waals surface area contributed by atoms with E-state index in [1.807, 2.05) is 0 Å². The standard InChI is InChI=1S/C10H12BrO4P.C4H9.Li/c1-13-6-4-5(11)8(14-2)7(10(12)16)9(6)15-3;1-4(2)3;/h4H,16H2,1-3H3;4H,1H2,2-3H3;. The molecule has 0 heterocycles. The van der Waals surface area contributed by atoms with Gasteiger partial charge in [0.25, 0.3) is 0 Å². The van der Waals surface area contributed by atoms with Crippen molar-refractivity contribution < 1.29 is 19.0 Å². The molecule has 1 aromatic carbocycles. The first-order chi connectivity index (χ1) is 9.83. The predicted molar refractivity (Wildman–Crippen MR) is 93.2 cm³/mol. The average molecular weight is 371 g/mol. The number of ether oxygens (including phenoxy) is 3. The summed E-state index contributed by atoms with van der Waals surface area (Å²) in [5.41, 5.74) is 0.106. The minimum atomic E-state index is -0.228. The van der Waals surface area contributed by atoms with E-state index in [2.05, 4.69) is 56.7 Å². The summed E-state index contributed by atoms with van der Waals surface area (Å²) < 4.78 is 16.1. The second-order valence-electron chi connectivity index (χ2n) is 4.67. The molecule has 0 aliphatic heterocycles.